The monoisotopic (exact) mass is 417 g/mol. The summed E-state index contributed by atoms with van der Waals surface area (Å²) in [7, 11) is 0. The van der Waals surface area contributed by atoms with Crippen molar-refractivity contribution in [3.63, 3.8) is 0 Å². The fourth-order valence-corrected chi connectivity index (χ4v) is 2.57. The molecule has 0 fully saturated rings. The summed E-state index contributed by atoms with van der Waals surface area (Å²) >= 11 is 5.89. The number of esters is 1. The van der Waals surface area contributed by atoms with Crippen LogP contribution in [0.2, 0.25) is 5.02 Å². The first kappa shape index (κ1) is 22.4. The smallest absolute Gasteiger partial charge is 0.408 e. The summed E-state index contributed by atoms with van der Waals surface area (Å²) in [6, 6.07) is 14.4. The summed E-state index contributed by atoms with van der Waals surface area (Å²) in [5, 5.41) is 3.08. The molecule has 2 aromatic rings. The number of nitrogens with one attached hydrogen (secondary N) is 1. The van der Waals surface area contributed by atoms with Crippen LogP contribution in [0.4, 0.5) is 4.79 Å². The van der Waals surface area contributed by atoms with Crippen molar-refractivity contribution < 1.29 is 23.9 Å². The Morgan fingerprint density at radius 1 is 1.00 bits per heavy atom. The molecular formula is C22H24ClNO5. The lowest BCUT2D eigenvalue weighted by molar-refractivity contribution is -0.145. The lowest BCUT2D eigenvalue weighted by Crippen LogP contribution is -2.45. The minimum Gasteiger partial charge on any atom is -0.456 e. The quantitative estimate of drug-likeness (QED) is 0.539. The molecule has 0 aliphatic carbocycles. The van der Waals surface area contributed by atoms with E-state index in [9.17, 15) is 14.4 Å². The van der Waals surface area contributed by atoms with E-state index in [-0.39, 0.29) is 12.2 Å². The van der Waals surface area contributed by atoms with Gasteiger partial charge in [-0.3, -0.25) is 4.79 Å². The molecule has 6 nitrogen and oxygen atoms in total. The maximum Gasteiger partial charge on any atom is 0.408 e. The molecule has 0 radical (unpaired) electrons. The molecule has 0 spiro atoms. The second kappa shape index (κ2) is 10.1. The van der Waals surface area contributed by atoms with Crippen LogP contribution in [0, 0.1) is 0 Å². The van der Waals surface area contributed by atoms with Gasteiger partial charge in [-0.25, -0.2) is 9.59 Å². The fourth-order valence-electron chi connectivity index (χ4n) is 2.44. The Bertz CT molecular complexity index is 844. The first-order chi connectivity index (χ1) is 13.6. The largest absolute Gasteiger partial charge is 0.456 e. The van der Waals surface area contributed by atoms with E-state index in [0.717, 1.165) is 5.56 Å². The number of halogens is 1. The zero-order chi connectivity index (χ0) is 21.4. The molecule has 2 rings (SSSR count). The third kappa shape index (κ3) is 7.95. The second-order valence-corrected chi connectivity index (χ2v) is 7.86. The van der Waals surface area contributed by atoms with Gasteiger partial charge in [-0.05, 0) is 38.5 Å². The lowest BCUT2D eigenvalue weighted by Gasteiger charge is -2.23. The van der Waals surface area contributed by atoms with Crippen LogP contribution in [0.3, 0.4) is 0 Å². The molecule has 1 atom stereocenters. The average Bonchev–Trinajstić information content (AvgIpc) is 2.66. The van der Waals surface area contributed by atoms with E-state index in [4.69, 9.17) is 21.1 Å². The number of alkyl carbamates (subject to hydrolysis) is 1. The molecular weight excluding hydrogens is 394 g/mol. The molecule has 1 amide bonds. The first-order valence-electron chi connectivity index (χ1n) is 9.13. The number of benzene rings is 2. The number of ketones is 1. The van der Waals surface area contributed by atoms with Crippen molar-refractivity contribution in [1.82, 2.24) is 5.32 Å². The Morgan fingerprint density at radius 2 is 1.62 bits per heavy atom. The van der Waals surface area contributed by atoms with Gasteiger partial charge in [0, 0.05) is 17.0 Å². The molecule has 1 N–H and O–H groups in total. The Kier molecular flexibility index (Phi) is 7.79. The van der Waals surface area contributed by atoms with Gasteiger partial charge in [-0.1, -0.05) is 54.1 Å². The number of hydrogen-bond donors (Lipinski definition) is 1. The third-order valence-electron chi connectivity index (χ3n) is 3.77. The molecule has 154 valence electrons. The standard InChI is InChI=1S/C22H24ClNO5/c1-22(2,3)29-21(27)24-18(13-15-9-11-17(23)12-10-15)20(26)28-14-19(25)16-7-5-4-6-8-16/h4-12,18H,13-14H2,1-3H3,(H,24,27). The molecule has 0 aromatic heterocycles. The van der Waals surface area contributed by atoms with Crippen LogP contribution in [0.5, 0.6) is 0 Å². The second-order valence-electron chi connectivity index (χ2n) is 7.43. The van der Waals surface area contributed by atoms with E-state index in [0.29, 0.717) is 10.6 Å². The van der Waals surface area contributed by atoms with Crippen molar-refractivity contribution in [3.05, 3.63) is 70.7 Å². The minimum absolute atomic E-state index is 0.161. The van der Waals surface area contributed by atoms with Crippen molar-refractivity contribution in [2.75, 3.05) is 6.61 Å². The number of carbonyl (C=O) groups is 3. The van der Waals surface area contributed by atoms with E-state index in [1.54, 1.807) is 75.4 Å². The number of carbonyl (C=O) groups excluding carboxylic acids is 3. The molecule has 2 aromatic carbocycles. The summed E-state index contributed by atoms with van der Waals surface area (Å²) < 4.78 is 10.4. The third-order valence-corrected chi connectivity index (χ3v) is 4.02. The van der Waals surface area contributed by atoms with E-state index in [2.05, 4.69) is 5.32 Å². The van der Waals surface area contributed by atoms with Gasteiger partial charge in [-0.2, -0.15) is 0 Å². The summed E-state index contributed by atoms with van der Waals surface area (Å²) in [6.07, 6.45) is -0.586. The maximum atomic E-state index is 12.6. The van der Waals surface area contributed by atoms with Gasteiger partial charge in [-0.15, -0.1) is 0 Å². The Balaban J connectivity index is 2.05. The zero-order valence-electron chi connectivity index (χ0n) is 16.6. The zero-order valence-corrected chi connectivity index (χ0v) is 17.4. The van der Waals surface area contributed by atoms with Crippen LogP contribution >= 0.6 is 11.6 Å². The van der Waals surface area contributed by atoms with Crippen molar-refractivity contribution >= 4 is 29.4 Å². The normalized spacial score (nSPS) is 12.0. The highest BCUT2D eigenvalue weighted by atomic mass is 35.5. The topological polar surface area (TPSA) is 81.7 Å². The number of hydrogen-bond acceptors (Lipinski definition) is 5. The van der Waals surface area contributed by atoms with Gasteiger partial charge >= 0.3 is 12.1 Å². The van der Waals surface area contributed by atoms with Crippen molar-refractivity contribution in [3.8, 4) is 0 Å². The van der Waals surface area contributed by atoms with E-state index in [1.807, 2.05) is 0 Å². The molecule has 0 saturated heterocycles. The van der Waals surface area contributed by atoms with Gasteiger partial charge in [0.05, 0.1) is 0 Å². The summed E-state index contributed by atoms with van der Waals surface area (Å²) in [6.45, 7) is 4.74. The van der Waals surface area contributed by atoms with Crippen LogP contribution < -0.4 is 5.32 Å². The van der Waals surface area contributed by atoms with Gasteiger partial charge in [0.2, 0.25) is 0 Å². The molecule has 0 bridgehead atoms. The van der Waals surface area contributed by atoms with Crippen LogP contribution in [0.15, 0.2) is 54.6 Å². The molecule has 7 heteroatoms. The highest BCUT2D eigenvalue weighted by Gasteiger charge is 2.26. The highest BCUT2D eigenvalue weighted by molar-refractivity contribution is 6.30. The Labute approximate surface area is 175 Å². The molecule has 0 heterocycles. The number of rotatable bonds is 7. The van der Waals surface area contributed by atoms with Crippen LogP contribution in [-0.2, 0) is 20.7 Å². The average molecular weight is 418 g/mol. The van der Waals surface area contributed by atoms with Crippen molar-refractivity contribution in [1.29, 1.82) is 0 Å². The Morgan fingerprint density at radius 3 is 2.21 bits per heavy atom. The van der Waals surface area contributed by atoms with Crippen LogP contribution in [0.1, 0.15) is 36.7 Å². The molecule has 1 unspecified atom stereocenters. The van der Waals surface area contributed by atoms with Gasteiger partial charge in [0.25, 0.3) is 0 Å². The maximum absolute atomic E-state index is 12.6. The number of Topliss-reactive ketones (excluding diaryl/α,β-unsaturated/α-hetero) is 1. The van der Waals surface area contributed by atoms with Gasteiger partial charge < -0.3 is 14.8 Å². The van der Waals surface area contributed by atoms with Crippen molar-refractivity contribution in [2.24, 2.45) is 0 Å². The van der Waals surface area contributed by atoms with E-state index in [1.165, 1.54) is 0 Å². The predicted octanol–water partition coefficient (Wildman–Crippen LogP) is 4.20. The predicted molar refractivity (Wildman–Crippen MR) is 110 cm³/mol. The van der Waals surface area contributed by atoms with Gasteiger partial charge in [0.15, 0.2) is 12.4 Å². The van der Waals surface area contributed by atoms with Gasteiger partial charge in [0.1, 0.15) is 11.6 Å². The summed E-state index contributed by atoms with van der Waals surface area (Å²) in [5.74, 6) is -1.06. The molecule has 0 saturated carbocycles. The SMILES string of the molecule is CC(C)(C)OC(=O)NC(Cc1ccc(Cl)cc1)C(=O)OCC(=O)c1ccccc1. The molecule has 0 aliphatic heterocycles. The molecule has 29 heavy (non-hydrogen) atoms. The summed E-state index contributed by atoms with van der Waals surface area (Å²) in [5.41, 5.74) is 0.485. The number of ether oxygens (including phenoxy) is 2. The fraction of sp³-hybridized carbons (Fsp3) is 0.318. The summed E-state index contributed by atoms with van der Waals surface area (Å²) in [4.78, 5) is 36.9. The minimum atomic E-state index is -1.02. The molecule has 0 aliphatic rings. The van der Waals surface area contributed by atoms with E-state index < -0.39 is 30.3 Å². The highest BCUT2D eigenvalue weighted by Crippen LogP contribution is 2.13. The first-order valence-corrected chi connectivity index (χ1v) is 9.51. The van der Waals surface area contributed by atoms with Crippen LogP contribution in [0.25, 0.3) is 0 Å². The van der Waals surface area contributed by atoms with E-state index >= 15 is 0 Å². The number of amides is 1. The van der Waals surface area contributed by atoms with Crippen molar-refractivity contribution in [2.45, 2.75) is 38.8 Å². The Hall–Kier alpha value is -2.86. The lowest BCUT2D eigenvalue weighted by atomic mass is 10.1. The van der Waals surface area contributed by atoms with Crippen LogP contribution in [-0.4, -0.2) is 36.1 Å².